The summed E-state index contributed by atoms with van der Waals surface area (Å²) < 4.78 is 56.3. The third-order valence-electron chi connectivity index (χ3n) is 11.3. The standard InChI is InChI=1S/C46H53F3N8O7/c1-25(2)38(54-43(60)62-8)42(59)57-23-26(3)19-35(57)40-52-34-15-11-29-20-28(9-14-33(29)39(34)53-40)32-13-10-30(21-36(32)63-46(47,48)49)41(58)51-31-12-16-37(50-22-31)56-18-17-55(24-27(56)4)44(61)64-45(5,6)7/h9-16,20-22,25-27,35,38H,17-19,23-24H2,1-8H3,(H,51,58)(H,52,53)(H,54,60)/t26-,27?,35-,38?/m0/s1. The number of likely N-dealkylation sites (tertiary alicyclic amines) is 1. The fraction of sp³-hybridized carbons (Fsp3) is 0.435. The lowest BCUT2D eigenvalue weighted by Crippen LogP contribution is -2.54. The Hall–Kier alpha value is -6.59. The number of aromatic nitrogens is 3. The lowest BCUT2D eigenvalue weighted by Gasteiger charge is -2.40. The Morgan fingerprint density at radius 1 is 0.938 bits per heavy atom. The van der Waals surface area contributed by atoms with Crippen LogP contribution in [0.4, 0.5) is 34.3 Å². The van der Waals surface area contributed by atoms with Crippen molar-refractivity contribution in [2.45, 2.75) is 85.0 Å². The Morgan fingerprint density at radius 2 is 1.70 bits per heavy atom. The minimum atomic E-state index is -5.05. The zero-order valence-electron chi connectivity index (χ0n) is 37.0. The smallest absolute Gasteiger partial charge is 0.453 e. The van der Waals surface area contributed by atoms with Crippen LogP contribution in [-0.2, 0) is 14.3 Å². The number of H-pyrrole nitrogens is 1. The molecule has 7 rings (SSSR count). The molecule has 4 atom stereocenters. The minimum Gasteiger partial charge on any atom is -0.453 e. The molecule has 0 saturated carbocycles. The molecule has 0 radical (unpaired) electrons. The van der Waals surface area contributed by atoms with Gasteiger partial charge in [-0.05, 0) is 99.4 Å². The Balaban J connectivity index is 1.09. The number of nitrogens with one attached hydrogen (secondary N) is 3. The van der Waals surface area contributed by atoms with Crippen LogP contribution in [0, 0.1) is 11.8 Å². The van der Waals surface area contributed by atoms with Crippen molar-refractivity contribution in [1.29, 1.82) is 0 Å². The molecule has 2 unspecified atom stereocenters. The first-order chi connectivity index (χ1) is 30.2. The summed E-state index contributed by atoms with van der Waals surface area (Å²) in [6, 6.07) is 14.8. The van der Waals surface area contributed by atoms with Crippen LogP contribution in [0.3, 0.4) is 0 Å². The molecule has 0 bridgehead atoms. The van der Waals surface area contributed by atoms with Gasteiger partial charge in [-0.15, -0.1) is 13.2 Å². The maximum atomic E-state index is 13.9. The summed E-state index contributed by atoms with van der Waals surface area (Å²) in [5.41, 5.74) is 1.51. The van der Waals surface area contributed by atoms with Gasteiger partial charge in [-0.2, -0.15) is 0 Å². The molecular weight excluding hydrogens is 834 g/mol. The fourth-order valence-electron chi connectivity index (χ4n) is 8.31. The van der Waals surface area contributed by atoms with Crippen molar-refractivity contribution < 1.29 is 46.6 Å². The molecule has 15 nitrogen and oxygen atoms in total. The highest BCUT2D eigenvalue weighted by Crippen LogP contribution is 2.39. The summed E-state index contributed by atoms with van der Waals surface area (Å²) in [7, 11) is 1.24. The van der Waals surface area contributed by atoms with Gasteiger partial charge < -0.3 is 44.5 Å². The molecular formula is C46H53F3N8O7. The number of fused-ring (bicyclic) bond motifs is 3. The lowest BCUT2D eigenvalue weighted by molar-refractivity contribution is -0.274. The van der Waals surface area contributed by atoms with E-state index >= 15 is 0 Å². The van der Waals surface area contributed by atoms with E-state index in [1.54, 1.807) is 40.1 Å². The number of rotatable bonds is 9. The molecule has 18 heteroatoms. The molecule has 2 saturated heterocycles. The maximum Gasteiger partial charge on any atom is 0.573 e. The van der Waals surface area contributed by atoms with Crippen LogP contribution in [0.1, 0.15) is 77.1 Å². The van der Waals surface area contributed by atoms with E-state index in [-0.39, 0.29) is 47.0 Å². The number of amides is 4. The number of ether oxygens (including phenoxy) is 3. The molecule has 3 aromatic carbocycles. The van der Waals surface area contributed by atoms with Crippen molar-refractivity contribution in [3.05, 3.63) is 78.2 Å². The molecule has 340 valence electrons. The van der Waals surface area contributed by atoms with Crippen molar-refractivity contribution >= 4 is 57.3 Å². The zero-order valence-corrected chi connectivity index (χ0v) is 37.0. The fourth-order valence-corrected chi connectivity index (χ4v) is 8.31. The van der Waals surface area contributed by atoms with Gasteiger partial charge in [0.2, 0.25) is 5.91 Å². The van der Waals surface area contributed by atoms with E-state index in [9.17, 15) is 32.3 Å². The zero-order chi connectivity index (χ0) is 46.2. The number of anilines is 2. The quantitative estimate of drug-likeness (QED) is 0.130. The van der Waals surface area contributed by atoms with Gasteiger partial charge in [-0.1, -0.05) is 39.0 Å². The van der Waals surface area contributed by atoms with Crippen LogP contribution >= 0.6 is 0 Å². The highest BCUT2D eigenvalue weighted by molar-refractivity contribution is 6.07. The van der Waals surface area contributed by atoms with Crippen molar-refractivity contribution in [3.8, 4) is 16.9 Å². The lowest BCUT2D eigenvalue weighted by atomic mass is 9.98. The molecule has 5 aromatic rings. The summed E-state index contributed by atoms with van der Waals surface area (Å²) in [5, 5.41) is 6.79. The van der Waals surface area contributed by atoms with E-state index < -0.39 is 35.8 Å². The van der Waals surface area contributed by atoms with E-state index in [1.807, 2.05) is 65.5 Å². The summed E-state index contributed by atoms with van der Waals surface area (Å²) in [5.74, 6) is -0.287. The average molecular weight is 887 g/mol. The average Bonchev–Trinajstić information content (AvgIpc) is 3.85. The van der Waals surface area contributed by atoms with Crippen LogP contribution in [0.15, 0.2) is 66.9 Å². The second-order valence-corrected chi connectivity index (χ2v) is 17.8. The summed E-state index contributed by atoms with van der Waals surface area (Å²) in [6.45, 7) is 15.0. The number of pyridine rings is 1. The second kappa shape index (κ2) is 17.9. The van der Waals surface area contributed by atoms with Crippen molar-refractivity contribution in [1.82, 2.24) is 30.1 Å². The Morgan fingerprint density at radius 3 is 2.36 bits per heavy atom. The number of nitrogens with zero attached hydrogens (tertiary/aromatic N) is 5. The number of hydrogen-bond acceptors (Lipinski definition) is 10. The van der Waals surface area contributed by atoms with Crippen molar-refractivity contribution in [2.75, 3.05) is 43.5 Å². The molecule has 2 aliphatic rings. The molecule has 2 aromatic heterocycles. The van der Waals surface area contributed by atoms with Gasteiger partial charge in [-0.25, -0.2) is 19.6 Å². The number of carbonyl (C=O) groups is 4. The van der Waals surface area contributed by atoms with Crippen LogP contribution in [-0.4, -0.2) is 106 Å². The van der Waals surface area contributed by atoms with E-state index in [0.29, 0.717) is 71.9 Å². The Kier molecular flexibility index (Phi) is 12.7. The minimum absolute atomic E-state index is 0.0694. The number of carbonyl (C=O) groups excluding carboxylic acids is 4. The second-order valence-electron chi connectivity index (χ2n) is 17.8. The number of halogens is 3. The summed E-state index contributed by atoms with van der Waals surface area (Å²) >= 11 is 0. The largest absolute Gasteiger partial charge is 0.573 e. The first-order valence-corrected chi connectivity index (χ1v) is 21.2. The number of methoxy groups -OCH3 is 1. The van der Waals surface area contributed by atoms with Gasteiger partial charge in [0.05, 0.1) is 36.1 Å². The predicted molar refractivity (Wildman–Crippen MR) is 235 cm³/mol. The SMILES string of the molecule is COC(=O)NC(C(=O)N1C[C@@H](C)C[C@H]1c1nc2c(ccc3cc(-c4ccc(C(=O)Nc5ccc(N6CCN(C(=O)OC(C)(C)C)CC6C)nc5)cc4OC(F)(F)F)ccc32)[nH]1)C(C)C. The summed E-state index contributed by atoms with van der Waals surface area (Å²) in [6.07, 6.45) is -4.01. The molecule has 64 heavy (non-hydrogen) atoms. The number of benzene rings is 3. The van der Waals surface area contributed by atoms with Gasteiger partial charge in [0, 0.05) is 48.7 Å². The highest BCUT2D eigenvalue weighted by Gasteiger charge is 2.40. The van der Waals surface area contributed by atoms with Gasteiger partial charge in [0.15, 0.2) is 0 Å². The molecule has 4 heterocycles. The Labute approximate surface area is 368 Å². The van der Waals surface area contributed by atoms with Crippen LogP contribution in [0.25, 0.3) is 32.9 Å². The van der Waals surface area contributed by atoms with E-state index in [4.69, 9.17) is 14.5 Å². The first-order valence-electron chi connectivity index (χ1n) is 21.2. The molecule has 4 amide bonds. The monoisotopic (exact) mass is 886 g/mol. The molecule has 2 fully saturated rings. The summed E-state index contributed by atoms with van der Waals surface area (Å²) in [4.78, 5) is 70.2. The van der Waals surface area contributed by atoms with Gasteiger partial charge in [-0.3, -0.25) is 9.59 Å². The number of hydrogen-bond donors (Lipinski definition) is 3. The number of imidazole rings is 1. The predicted octanol–water partition coefficient (Wildman–Crippen LogP) is 8.66. The van der Waals surface area contributed by atoms with Crippen LogP contribution < -0.4 is 20.3 Å². The van der Waals surface area contributed by atoms with Gasteiger partial charge >= 0.3 is 18.5 Å². The highest BCUT2D eigenvalue weighted by atomic mass is 19.4. The number of piperazine rings is 1. The van der Waals surface area contributed by atoms with Crippen LogP contribution in [0.5, 0.6) is 5.75 Å². The number of aromatic amines is 1. The maximum absolute atomic E-state index is 13.9. The molecule has 0 aliphatic carbocycles. The number of alkyl carbamates (subject to hydrolysis) is 1. The molecule has 0 spiro atoms. The van der Waals surface area contributed by atoms with Gasteiger partial charge in [0.25, 0.3) is 5.91 Å². The normalized spacial score (nSPS) is 18.6. The van der Waals surface area contributed by atoms with Crippen molar-refractivity contribution in [3.63, 3.8) is 0 Å². The van der Waals surface area contributed by atoms with E-state index in [1.165, 1.54) is 25.4 Å². The van der Waals surface area contributed by atoms with E-state index in [2.05, 4.69) is 25.3 Å². The Bertz CT molecular complexity index is 2560. The van der Waals surface area contributed by atoms with E-state index in [0.717, 1.165) is 11.5 Å². The van der Waals surface area contributed by atoms with Crippen LogP contribution in [0.2, 0.25) is 0 Å². The third-order valence-corrected chi connectivity index (χ3v) is 11.3. The van der Waals surface area contributed by atoms with Crippen molar-refractivity contribution in [2.24, 2.45) is 11.8 Å². The number of alkyl halides is 3. The molecule has 2 aliphatic heterocycles. The molecule has 3 N–H and O–H groups in total. The van der Waals surface area contributed by atoms with Gasteiger partial charge in [0.1, 0.15) is 29.0 Å². The first kappa shape index (κ1) is 45.4. The third kappa shape index (κ3) is 10.1. The topological polar surface area (TPSA) is 171 Å².